The fourth-order valence-electron chi connectivity index (χ4n) is 1.53. The van der Waals surface area contributed by atoms with Crippen LogP contribution in [0.25, 0.3) is 0 Å². The first-order chi connectivity index (χ1) is 9.53. The number of benzene rings is 1. The van der Waals surface area contributed by atoms with Crippen LogP contribution in [0.2, 0.25) is 0 Å². The summed E-state index contributed by atoms with van der Waals surface area (Å²) >= 11 is 0. The lowest BCUT2D eigenvalue weighted by molar-refractivity contribution is 0.415. The van der Waals surface area contributed by atoms with Gasteiger partial charge in [-0.05, 0) is 18.2 Å². The number of methoxy groups -OCH3 is 1. The van der Waals surface area contributed by atoms with Gasteiger partial charge in [0.05, 0.1) is 29.9 Å². The monoisotopic (exact) mass is 294 g/mol. The Hall–Kier alpha value is -2.19. The Morgan fingerprint density at radius 3 is 2.80 bits per heavy atom. The number of rotatable bonds is 5. The molecule has 0 radical (unpaired) electrons. The number of nitrogens with one attached hydrogen (secondary N) is 1. The molecule has 0 fully saturated rings. The van der Waals surface area contributed by atoms with Gasteiger partial charge in [-0.1, -0.05) is 0 Å². The molecule has 3 N–H and O–H groups in total. The molecule has 0 atom stereocenters. The van der Waals surface area contributed by atoms with Gasteiger partial charge < -0.3 is 10.5 Å². The van der Waals surface area contributed by atoms with Gasteiger partial charge in [0.25, 0.3) is 0 Å². The van der Waals surface area contributed by atoms with Crippen LogP contribution in [0.1, 0.15) is 5.69 Å². The van der Waals surface area contributed by atoms with Crippen LogP contribution in [-0.2, 0) is 16.6 Å². The van der Waals surface area contributed by atoms with Crippen LogP contribution in [0, 0.1) is 0 Å². The van der Waals surface area contributed by atoms with E-state index in [1.165, 1.54) is 31.6 Å². The maximum Gasteiger partial charge on any atom is 0.241 e. The average molecular weight is 294 g/mol. The number of hydrogen-bond acceptors (Lipinski definition) is 6. The topological polar surface area (TPSA) is 107 Å². The van der Waals surface area contributed by atoms with Gasteiger partial charge in [0.15, 0.2) is 0 Å². The molecule has 0 saturated carbocycles. The molecule has 0 aliphatic heterocycles. The van der Waals surface area contributed by atoms with Gasteiger partial charge >= 0.3 is 0 Å². The normalized spacial score (nSPS) is 11.2. The summed E-state index contributed by atoms with van der Waals surface area (Å²) in [7, 11) is -2.23. The molecule has 0 saturated heterocycles. The van der Waals surface area contributed by atoms with E-state index >= 15 is 0 Å². The van der Waals surface area contributed by atoms with Gasteiger partial charge in [-0.3, -0.25) is 0 Å². The van der Waals surface area contributed by atoms with Crippen molar-refractivity contribution in [1.82, 2.24) is 14.7 Å². The summed E-state index contributed by atoms with van der Waals surface area (Å²) in [5.74, 6) is 0.315. The second kappa shape index (κ2) is 5.85. The van der Waals surface area contributed by atoms with Gasteiger partial charge in [0.1, 0.15) is 12.1 Å². The highest BCUT2D eigenvalue weighted by atomic mass is 32.2. The second-order valence-corrected chi connectivity index (χ2v) is 5.70. The summed E-state index contributed by atoms with van der Waals surface area (Å²) in [4.78, 5) is 7.78. The fraction of sp³-hybridized carbons (Fsp3) is 0.167. The average Bonchev–Trinajstić information content (AvgIpc) is 2.46. The first kappa shape index (κ1) is 14.2. The van der Waals surface area contributed by atoms with Crippen molar-refractivity contribution in [1.29, 1.82) is 0 Å². The molecule has 0 spiro atoms. The molecule has 0 aliphatic carbocycles. The third-order valence-corrected chi connectivity index (χ3v) is 4.00. The third kappa shape index (κ3) is 3.22. The highest BCUT2D eigenvalue weighted by Gasteiger charge is 2.15. The van der Waals surface area contributed by atoms with E-state index in [1.807, 2.05) is 0 Å². The minimum Gasteiger partial charge on any atom is -0.495 e. The molecule has 106 valence electrons. The maximum absolute atomic E-state index is 12.1. The molecule has 2 aromatic rings. The Kier molecular flexibility index (Phi) is 4.16. The predicted molar refractivity (Wildman–Crippen MR) is 73.5 cm³/mol. The van der Waals surface area contributed by atoms with Crippen LogP contribution in [0.5, 0.6) is 5.75 Å². The van der Waals surface area contributed by atoms with Crippen molar-refractivity contribution >= 4 is 15.7 Å². The summed E-state index contributed by atoms with van der Waals surface area (Å²) in [6, 6.07) is 5.90. The van der Waals surface area contributed by atoms with Crippen molar-refractivity contribution in [2.24, 2.45) is 0 Å². The molecule has 20 heavy (non-hydrogen) atoms. The molecule has 1 heterocycles. The largest absolute Gasteiger partial charge is 0.495 e. The minimum absolute atomic E-state index is 0.0809. The van der Waals surface area contributed by atoms with Gasteiger partial charge in [0, 0.05) is 12.3 Å². The van der Waals surface area contributed by atoms with E-state index in [4.69, 9.17) is 10.5 Å². The molecule has 0 aliphatic rings. The van der Waals surface area contributed by atoms with Gasteiger partial charge in [-0.2, -0.15) is 0 Å². The van der Waals surface area contributed by atoms with Crippen LogP contribution in [0.3, 0.4) is 0 Å². The smallest absolute Gasteiger partial charge is 0.241 e. The highest BCUT2D eigenvalue weighted by Crippen LogP contribution is 2.24. The number of nitrogens with two attached hydrogens (primary N) is 1. The van der Waals surface area contributed by atoms with Crippen LogP contribution in [-0.4, -0.2) is 25.5 Å². The van der Waals surface area contributed by atoms with Crippen molar-refractivity contribution in [3.05, 3.63) is 42.5 Å². The lowest BCUT2D eigenvalue weighted by Crippen LogP contribution is -2.23. The van der Waals surface area contributed by atoms with Gasteiger partial charge in [-0.25, -0.2) is 23.1 Å². The van der Waals surface area contributed by atoms with E-state index in [0.29, 0.717) is 17.1 Å². The molecule has 0 unspecified atom stereocenters. The first-order valence-corrected chi connectivity index (χ1v) is 7.19. The van der Waals surface area contributed by atoms with Crippen LogP contribution >= 0.6 is 0 Å². The van der Waals surface area contributed by atoms with Crippen LogP contribution < -0.4 is 15.2 Å². The third-order valence-electron chi connectivity index (χ3n) is 2.60. The number of nitrogen functional groups attached to an aromatic ring is 1. The molecular weight excluding hydrogens is 280 g/mol. The molecule has 8 heteroatoms. The zero-order valence-corrected chi connectivity index (χ0v) is 11.6. The van der Waals surface area contributed by atoms with E-state index in [9.17, 15) is 8.42 Å². The number of sulfonamides is 1. The Labute approximate surface area is 116 Å². The lowest BCUT2D eigenvalue weighted by Gasteiger charge is -2.09. The second-order valence-electron chi connectivity index (χ2n) is 3.93. The molecule has 7 nitrogen and oxygen atoms in total. The number of anilines is 1. The number of aromatic nitrogens is 2. The van der Waals surface area contributed by atoms with Crippen molar-refractivity contribution in [3.63, 3.8) is 0 Å². The Bertz CT molecular complexity index is 689. The summed E-state index contributed by atoms with van der Waals surface area (Å²) in [5.41, 5.74) is 6.60. The summed E-state index contributed by atoms with van der Waals surface area (Å²) in [6.07, 6.45) is 2.90. The van der Waals surface area contributed by atoms with E-state index < -0.39 is 10.0 Å². The maximum atomic E-state index is 12.1. The van der Waals surface area contributed by atoms with E-state index in [1.54, 1.807) is 12.3 Å². The lowest BCUT2D eigenvalue weighted by atomic mass is 10.3. The molecular formula is C12H14N4O3S. The summed E-state index contributed by atoms with van der Waals surface area (Å²) in [5, 5.41) is 0. The Morgan fingerprint density at radius 1 is 1.35 bits per heavy atom. The molecule has 2 rings (SSSR count). The molecule has 1 aromatic heterocycles. The number of ether oxygens (including phenoxy) is 1. The molecule has 0 bridgehead atoms. The number of hydrogen-bond donors (Lipinski definition) is 2. The standard InChI is InChI=1S/C12H14N4O3S/c1-19-12-6-10(2-3-11(12)13)20(17,18)16-7-9-4-5-14-8-15-9/h2-6,8,16H,7,13H2,1H3. The van der Waals surface area contributed by atoms with E-state index in [2.05, 4.69) is 14.7 Å². The quantitative estimate of drug-likeness (QED) is 0.780. The molecule has 0 amide bonds. The zero-order chi connectivity index (χ0) is 14.6. The first-order valence-electron chi connectivity index (χ1n) is 5.71. The van der Waals surface area contributed by atoms with Gasteiger partial charge in [-0.15, -0.1) is 0 Å². The van der Waals surface area contributed by atoms with E-state index in [0.717, 1.165) is 0 Å². The molecule has 1 aromatic carbocycles. The Morgan fingerprint density at radius 2 is 2.15 bits per heavy atom. The summed E-state index contributed by atoms with van der Waals surface area (Å²) in [6.45, 7) is 0.0809. The predicted octanol–water partition coefficient (Wildman–Crippen LogP) is 0.546. The van der Waals surface area contributed by atoms with Crippen molar-refractivity contribution in [3.8, 4) is 5.75 Å². The van der Waals surface area contributed by atoms with Crippen molar-refractivity contribution in [2.45, 2.75) is 11.4 Å². The van der Waals surface area contributed by atoms with Gasteiger partial charge in [0.2, 0.25) is 10.0 Å². The fourth-order valence-corrected chi connectivity index (χ4v) is 2.55. The van der Waals surface area contributed by atoms with Crippen molar-refractivity contribution in [2.75, 3.05) is 12.8 Å². The van der Waals surface area contributed by atoms with E-state index in [-0.39, 0.29) is 11.4 Å². The van der Waals surface area contributed by atoms with Crippen LogP contribution in [0.15, 0.2) is 41.7 Å². The minimum atomic E-state index is -3.65. The highest BCUT2D eigenvalue weighted by molar-refractivity contribution is 7.89. The van der Waals surface area contributed by atoms with Crippen molar-refractivity contribution < 1.29 is 13.2 Å². The zero-order valence-electron chi connectivity index (χ0n) is 10.8. The Balaban J connectivity index is 2.18. The number of nitrogens with zero attached hydrogens (tertiary/aromatic N) is 2. The summed E-state index contributed by atoms with van der Waals surface area (Å²) < 4.78 is 31.7. The van der Waals surface area contributed by atoms with Crippen LogP contribution in [0.4, 0.5) is 5.69 Å². The SMILES string of the molecule is COc1cc(S(=O)(=O)NCc2ccncn2)ccc1N.